The standard InChI is InChI=1S/C59H35N5O/c1-2-20-39(21-3-1)63-50-29-11-8-23-41(50)44-26-15-28-47(54(44)63)58-60-57(46-27-14-19-36-16-6-7-22-40(36)46)61-59(62-58)48-33-32-45-43-25-10-13-31-53(43)65-56(45)55(48)64-51-30-12-9-24-42(51)49-34-37-17-4-5-18-38(37)35-52(49)64/h1-35H. The molecule has 0 saturated carbocycles. The molecule has 0 aliphatic heterocycles. The number of hydrogen-bond acceptors (Lipinski definition) is 4. The van der Waals surface area contributed by atoms with E-state index in [1.165, 1.54) is 5.39 Å². The Labute approximate surface area is 371 Å². The molecule has 0 radical (unpaired) electrons. The first-order chi connectivity index (χ1) is 32.2. The highest BCUT2D eigenvalue weighted by atomic mass is 16.3. The fourth-order valence-corrected chi connectivity index (χ4v) is 10.3. The second-order valence-corrected chi connectivity index (χ2v) is 16.7. The number of benzene rings is 10. The van der Waals surface area contributed by atoms with Gasteiger partial charge >= 0.3 is 0 Å². The van der Waals surface area contributed by atoms with Crippen molar-refractivity contribution in [2.45, 2.75) is 0 Å². The molecule has 0 unspecified atom stereocenters. The Morgan fingerprint density at radius 2 is 0.877 bits per heavy atom. The zero-order chi connectivity index (χ0) is 42.6. The van der Waals surface area contributed by atoms with E-state index in [4.69, 9.17) is 19.4 Å². The van der Waals surface area contributed by atoms with Crippen LogP contribution in [0.25, 0.3) is 133 Å². The number of rotatable bonds is 5. The van der Waals surface area contributed by atoms with Gasteiger partial charge in [0.25, 0.3) is 0 Å². The second-order valence-electron chi connectivity index (χ2n) is 16.7. The van der Waals surface area contributed by atoms with Gasteiger partial charge in [-0.3, -0.25) is 0 Å². The molecule has 0 saturated heterocycles. The minimum atomic E-state index is 0.543. The minimum Gasteiger partial charge on any atom is -0.454 e. The summed E-state index contributed by atoms with van der Waals surface area (Å²) in [6.07, 6.45) is 0. The Kier molecular flexibility index (Phi) is 7.59. The van der Waals surface area contributed by atoms with Gasteiger partial charge in [-0.05, 0) is 82.2 Å². The Morgan fingerprint density at radius 3 is 1.68 bits per heavy atom. The fraction of sp³-hybridized carbons (Fsp3) is 0. The van der Waals surface area contributed by atoms with Crippen LogP contribution in [0.4, 0.5) is 0 Å². The van der Waals surface area contributed by atoms with E-state index in [1.807, 2.05) is 12.1 Å². The Morgan fingerprint density at radius 1 is 0.323 bits per heavy atom. The quantitative estimate of drug-likeness (QED) is 0.173. The minimum absolute atomic E-state index is 0.543. The van der Waals surface area contributed by atoms with E-state index in [0.717, 1.165) is 110 Å². The van der Waals surface area contributed by atoms with Crippen LogP contribution in [0.5, 0.6) is 0 Å². The van der Waals surface area contributed by atoms with Crippen LogP contribution in [0, 0.1) is 0 Å². The topological polar surface area (TPSA) is 61.7 Å². The summed E-state index contributed by atoms with van der Waals surface area (Å²) in [7, 11) is 0. The highest BCUT2D eigenvalue weighted by Gasteiger charge is 2.26. The molecule has 0 spiro atoms. The first-order valence-electron chi connectivity index (χ1n) is 21.9. The maximum Gasteiger partial charge on any atom is 0.166 e. The lowest BCUT2D eigenvalue weighted by Crippen LogP contribution is -2.05. The van der Waals surface area contributed by atoms with E-state index in [9.17, 15) is 0 Å². The number of fused-ring (bicyclic) bond motifs is 11. The summed E-state index contributed by atoms with van der Waals surface area (Å²) in [5, 5.41) is 11.2. The van der Waals surface area contributed by atoms with Gasteiger partial charge in [-0.1, -0.05) is 152 Å². The third-order valence-electron chi connectivity index (χ3n) is 13.1. The van der Waals surface area contributed by atoms with E-state index >= 15 is 0 Å². The molecular formula is C59H35N5O. The zero-order valence-corrected chi connectivity index (χ0v) is 34.9. The molecule has 0 N–H and O–H groups in total. The van der Waals surface area contributed by atoms with E-state index < -0.39 is 0 Å². The monoisotopic (exact) mass is 829 g/mol. The predicted molar refractivity (Wildman–Crippen MR) is 267 cm³/mol. The fourth-order valence-electron chi connectivity index (χ4n) is 10.3. The van der Waals surface area contributed by atoms with Crippen molar-refractivity contribution in [3.05, 3.63) is 212 Å². The van der Waals surface area contributed by atoms with Crippen molar-refractivity contribution in [1.29, 1.82) is 0 Å². The molecule has 14 rings (SSSR count). The molecule has 4 aromatic heterocycles. The normalized spacial score (nSPS) is 12.0. The van der Waals surface area contributed by atoms with Gasteiger partial charge in [-0.15, -0.1) is 0 Å². The molecule has 14 aromatic rings. The third kappa shape index (κ3) is 5.31. The largest absolute Gasteiger partial charge is 0.454 e. The average molecular weight is 830 g/mol. The summed E-state index contributed by atoms with van der Waals surface area (Å²) in [4.78, 5) is 16.6. The van der Waals surface area contributed by atoms with Gasteiger partial charge < -0.3 is 13.6 Å². The lowest BCUT2D eigenvalue weighted by Gasteiger charge is -2.16. The van der Waals surface area contributed by atoms with E-state index in [-0.39, 0.29) is 0 Å². The molecule has 0 aliphatic rings. The van der Waals surface area contributed by atoms with Crippen LogP contribution < -0.4 is 0 Å². The summed E-state index contributed by atoms with van der Waals surface area (Å²) < 4.78 is 11.7. The van der Waals surface area contributed by atoms with Gasteiger partial charge in [0.15, 0.2) is 23.1 Å². The second kappa shape index (κ2) is 13.8. The molecular weight excluding hydrogens is 795 g/mol. The molecule has 6 nitrogen and oxygen atoms in total. The first-order valence-corrected chi connectivity index (χ1v) is 21.9. The lowest BCUT2D eigenvalue weighted by atomic mass is 10.0. The number of furan rings is 1. The van der Waals surface area contributed by atoms with Gasteiger partial charge in [0.2, 0.25) is 0 Å². The van der Waals surface area contributed by atoms with Crippen molar-refractivity contribution in [2.75, 3.05) is 0 Å². The number of aromatic nitrogens is 5. The van der Waals surface area contributed by atoms with Crippen molar-refractivity contribution in [3.63, 3.8) is 0 Å². The van der Waals surface area contributed by atoms with Gasteiger partial charge in [-0.25, -0.2) is 15.0 Å². The lowest BCUT2D eigenvalue weighted by molar-refractivity contribution is 0.666. The molecule has 65 heavy (non-hydrogen) atoms. The van der Waals surface area contributed by atoms with Crippen LogP contribution in [0.1, 0.15) is 0 Å². The summed E-state index contributed by atoms with van der Waals surface area (Å²) in [6, 6.07) is 74.9. The molecule has 4 heterocycles. The number of nitrogens with zero attached hydrogens (tertiary/aromatic N) is 5. The highest BCUT2D eigenvalue weighted by Crippen LogP contribution is 2.44. The van der Waals surface area contributed by atoms with Crippen molar-refractivity contribution in [3.8, 4) is 45.5 Å². The molecule has 0 atom stereocenters. The summed E-state index contributed by atoms with van der Waals surface area (Å²) >= 11 is 0. The van der Waals surface area contributed by atoms with Crippen LogP contribution in [0.3, 0.4) is 0 Å². The maximum absolute atomic E-state index is 7.00. The van der Waals surface area contributed by atoms with Crippen LogP contribution in [0.2, 0.25) is 0 Å². The summed E-state index contributed by atoms with van der Waals surface area (Å²) in [5.74, 6) is 1.71. The summed E-state index contributed by atoms with van der Waals surface area (Å²) in [6.45, 7) is 0. The van der Waals surface area contributed by atoms with Crippen molar-refractivity contribution in [1.82, 2.24) is 24.1 Å². The van der Waals surface area contributed by atoms with Crippen LogP contribution in [-0.4, -0.2) is 24.1 Å². The highest BCUT2D eigenvalue weighted by molar-refractivity contribution is 6.17. The summed E-state index contributed by atoms with van der Waals surface area (Å²) in [5.41, 5.74) is 10.5. The first kappa shape index (κ1) is 35.7. The van der Waals surface area contributed by atoms with Crippen molar-refractivity contribution < 1.29 is 4.42 Å². The van der Waals surface area contributed by atoms with Gasteiger partial charge in [0.05, 0.1) is 22.1 Å². The third-order valence-corrected chi connectivity index (χ3v) is 13.1. The maximum atomic E-state index is 7.00. The number of hydrogen-bond donors (Lipinski definition) is 0. The SMILES string of the molecule is c1ccc(-n2c3ccccc3c3cccc(-c4nc(-c5ccc6c(oc7ccccc76)c5-n5c6ccccc6c6cc7ccccc7cc65)nc(-c5cccc6ccccc56)n4)c32)cc1. The van der Waals surface area contributed by atoms with E-state index in [0.29, 0.717) is 17.5 Å². The van der Waals surface area contributed by atoms with Crippen molar-refractivity contribution >= 4 is 87.1 Å². The average Bonchev–Trinajstić information content (AvgIpc) is 4.03. The smallest absolute Gasteiger partial charge is 0.166 e. The Balaban J connectivity index is 1.14. The van der Waals surface area contributed by atoms with Gasteiger partial charge in [0.1, 0.15) is 11.3 Å². The predicted octanol–water partition coefficient (Wildman–Crippen LogP) is 15.3. The van der Waals surface area contributed by atoms with E-state index in [1.54, 1.807) is 0 Å². The van der Waals surface area contributed by atoms with Crippen molar-refractivity contribution in [2.24, 2.45) is 0 Å². The zero-order valence-electron chi connectivity index (χ0n) is 34.9. The molecule has 6 heteroatoms. The van der Waals surface area contributed by atoms with Gasteiger partial charge in [0, 0.05) is 54.7 Å². The van der Waals surface area contributed by atoms with Crippen LogP contribution in [0.15, 0.2) is 217 Å². The molecule has 302 valence electrons. The van der Waals surface area contributed by atoms with Gasteiger partial charge in [-0.2, -0.15) is 0 Å². The van der Waals surface area contributed by atoms with Crippen LogP contribution >= 0.6 is 0 Å². The molecule has 0 bridgehead atoms. The van der Waals surface area contributed by atoms with Crippen LogP contribution in [-0.2, 0) is 0 Å². The van der Waals surface area contributed by atoms with E-state index in [2.05, 4.69) is 209 Å². The Hall–Kier alpha value is -8.87. The molecule has 0 aliphatic carbocycles. The molecule has 10 aromatic carbocycles. The molecule has 0 amide bonds. The molecule has 0 fully saturated rings. The Bertz CT molecular complexity index is 4250. The number of para-hydroxylation sites is 5.